The molecule has 1 aromatic carbocycles. The largest absolute Gasteiger partial charge is 0.394 e. The Morgan fingerprint density at radius 1 is 1.19 bits per heavy atom. The van der Waals surface area contributed by atoms with E-state index in [9.17, 15) is 25.4 Å². The van der Waals surface area contributed by atoms with Crippen molar-refractivity contribution in [1.82, 2.24) is 0 Å². The molecular weight excluding hydrogens is 302 g/mol. The van der Waals surface area contributed by atoms with Crippen molar-refractivity contribution in [2.45, 2.75) is 34.7 Å². The fourth-order valence-corrected chi connectivity index (χ4v) is 3.17. The lowest BCUT2D eigenvalue weighted by molar-refractivity contribution is -0.387. The van der Waals surface area contributed by atoms with E-state index in [4.69, 9.17) is 9.84 Å². The van der Waals surface area contributed by atoms with E-state index in [1.165, 1.54) is 18.2 Å². The van der Waals surface area contributed by atoms with Gasteiger partial charge in [-0.3, -0.25) is 10.1 Å². The highest BCUT2D eigenvalue weighted by atomic mass is 32.2. The van der Waals surface area contributed by atoms with Crippen LogP contribution in [0.4, 0.5) is 5.69 Å². The number of aliphatic hydroxyl groups is 4. The average molecular weight is 317 g/mol. The SMILES string of the molecule is O=[N+]([O-])c1ccccc1S[C@H]1O[C@H](CO)[C@@H](O)[C@H](O)[C@@H]1O. The first-order chi connectivity index (χ1) is 9.95. The summed E-state index contributed by atoms with van der Waals surface area (Å²) in [6, 6.07) is 5.91. The lowest BCUT2D eigenvalue weighted by Gasteiger charge is -2.39. The van der Waals surface area contributed by atoms with E-state index in [-0.39, 0.29) is 10.6 Å². The molecule has 0 amide bonds. The third-order valence-corrected chi connectivity index (χ3v) is 4.37. The molecule has 116 valence electrons. The van der Waals surface area contributed by atoms with Crippen molar-refractivity contribution >= 4 is 17.4 Å². The molecule has 0 unspecified atom stereocenters. The van der Waals surface area contributed by atoms with Gasteiger partial charge < -0.3 is 25.2 Å². The summed E-state index contributed by atoms with van der Waals surface area (Å²) >= 11 is 0.856. The van der Waals surface area contributed by atoms with Gasteiger partial charge in [0, 0.05) is 6.07 Å². The van der Waals surface area contributed by atoms with Crippen LogP contribution in [0.5, 0.6) is 0 Å². The van der Waals surface area contributed by atoms with Crippen LogP contribution in [0.15, 0.2) is 29.2 Å². The molecule has 1 aliphatic heterocycles. The molecule has 9 heteroatoms. The van der Waals surface area contributed by atoms with Crippen molar-refractivity contribution in [1.29, 1.82) is 0 Å². The smallest absolute Gasteiger partial charge is 0.282 e. The number of hydrogen-bond acceptors (Lipinski definition) is 8. The molecule has 1 heterocycles. The molecule has 5 atom stereocenters. The summed E-state index contributed by atoms with van der Waals surface area (Å²) in [6.07, 6.45) is -5.43. The minimum atomic E-state index is -1.50. The van der Waals surface area contributed by atoms with Crippen LogP contribution in [0.1, 0.15) is 0 Å². The minimum absolute atomic E-state index is 0.153. The lowest BCUT2D eigenvalue weighted by Crippen LogP contribution is -2.57. The molecule has 1 aromatic rings. The van der Waals surface area contributed by atoms with Crippen LogP contribution < -0.4 is 0 Å². The number of ether oxygens (including phenoxy) is 1. The van der Waals surface area contributed by atoms with E-state index in [2.05, 4.69) is 0 Å². The summed E-state index contributed by atoms with van der Waals surface area (Å²) in [4.78, 5) is 10.6. The van der Waals surface area contributed by atoms with Gasteiger partial charge in [0.1, 0.15) is 29.9 Å². The van der Waals surface area contributed by atoms with E-state index in [0.29, 0.717) is 0 Å². The Morgan fingerprint density at radius 2 is 1.86 bits per heavy atom. The van der Waals surface area contributed by atoms with Gasteiger partial charge >= 0.3 is 0 Å². The van der Waals surface area contributed by atoms with Gasteiger partial charge in [-0.05, 0) is 6.07 Å². The first kappa shape index (κ1) is 16.1. The van der Waals surface area contributed by atoms with Crippen molar-refractivity contribution in [3.8, 4) is 0 Å². The van der Waals surface area contributed by atoms with Gasteiger partial charge in [0.25, 0.3) is 5.69 Å². The fourth-order valence-electron chi connectivity index (χ4n) is 2.00. The highest BCUT2D eigenvalue weighted by Gasteiger charge is 2.44. The Balaban J connectivity index is 2.20. The van der Waals surface area contributed by atoms with Gasteiger partial charge in [-0.25, -0.2) is 0 Å². The maximum atomic E-state index is 10.9. The molecule has 4 N–H and O–H groups in total. The summed E-state index contributed by atoms with van der Waals surface area (Å²) in [6.45, 7) is -0.543. The highest BCUT2D eigenvalue weighted by Crippen LogP contribution is 2.37. The van der Waals surface area contributed by atoms with Crippen molar-refractivity contribution < 1.29 is 30.1 Å². The molecule has 0 bridgehead atoms. The number of para-hydroxylation sites is 1. The van der Waals surface area contributed by atoms with Gasteiger partial charge in [0.15, 0.2) is 0 Å². The molecule has 1 aliphatic rings. The van der Waals surface area contributed by atoms with Crippen molar-refractivity contribution in [2.24, 2.45) is 0 Å². The Bertz CT molecular complexity index is 512. The average Bonchev–Trinajstić information content (AvgIpc) is 2.48. The second kappa shape index (κ2) is 6.69. The molecule has 1 saturated heterocycles. The third-order valence-electron chi connectivity index (χ3n) is 3.15. The topological polar surface area (TPSA) is 133 Å². The summed E-state index contributed by atoms with van der Waals surface area (Å²) in [5.74, 6) is 0. The molecular formula is C12H15NO7S. The Hall–Kier alpha value is -1.23. The molecule has 0 radical (unpaired) electrons. The summed E-state index contributed by atoms with van der Waals surface area (Å²) in [5.41, 5.74) is -1.19. The van der Waals surface area contributed by atoms with E-state index in [1.807, 2.05) is 0 Å². The monoisotopic (exact) mass is 317 g/mol. The number of thioether (sulfide) groups is 1. The van der Waals surface area contributed by atoms with Crippen LogP contribution in [0, 0.1) is 10.1 Å². The molecule has 0 aromatic heterocycles. The number of nitro groups is 1. The molecule has 0 aliphatic carbocycles. The number of aliphatic hydroxyl groups excluding tert-OH is 4. The van der Waals surface area contributed by atoms with Crippen LogP contribution >= 0.6 is 11.8 Å². The zero-order chi connectivity index (χ0) is 15.6. The van der Waals surface area contributed by atoms with Gasteiger partial charge in [-0.15, -0.1) is 0 Å². The summed E-state index contributed by atoms with van der Waals surface area (Å²) in [7, 11) is 0. The van der Waals surface area contributed by atoms with Crippen LogP contribution in [-0.2, 0) is 4.74 Å². The summed E-state index contributed by atoms with van der Waals surface area (Å²) in [5, 5.41) is 49.3. The zero-order valence-electron chi connectivity index (χ0n) is 10.8. The van der Waals surface area contributed by atoms with Gasteiger partial charge in [0.05, 0.1) is 16.4 Å². The molecule has 2 rings (SSSR count). The van der Waals surface area contributed by atoms with Gasteiger partial charge in [-0.2, -0.15) is 0 Å². The molecule has 21 heavy (non-hydrogen) atoms. The van der Waals surface area contributed by atoms with Crippen LogP contribution in [-0.4, -0.2) is 61.8 Å². The predicted octanol–water partition coefficient (Wildman–Crippen LogP) is -0.513. The summed E-state index contributed by atoms with van der Waals surface area (Å²) < 4.78 is 5.30. The van der Waals surface area contributed by atoms with E-state index in [1.54, 1.807) is 6.07 Å². The molecule has 0 saturated carbocycles. The Labute approximate surface area is 124 Å². The second-order valence-corrected chi connectivity index (χ2v) is 5.68. The maximum absolute atomic E-state index is 10.9. The quantitative estimate of drug-likeness (QED) is 0.431. The van der Waals surface area contributed by atoms with Crippen LogP contribution in [0.25, 0.3) is 0 Å². The normalized spacial score (nSPS) is 32.9. The maximum Gasteiger partial charge on any atom is 0.282 e. The molecule has 8 nitrogen and oxygen atoms in total. The predicted molar refractivity (Wildman–Crippen MR) is 72.7 cm³/mol. The number of benzene rings is 1. The first-order valence-electron chi connectivity index (χ1n) is 6.16. The van der Waals surface area contributed by atoms with E-state index >= 15 is 0 Å². The van der Waals surface area contributed by atoms with Gasteiger partial charge in [-0.1, -0.05) is 23.9 Å². The molecule has 1 fully saturated rings. The third kappa shape index (κ3) is 3.34. The number of hydrogen-bond donors (Lipinski definition) is 4. The zero-order valence-corrected chi connectivity index (χ0v) is 11.6. The standard InChI is InChI=1S/C12H15NO7S/c14-5-7-9(15)10(16)11(17)12(20-7)21-8-4-2-1-3-6(8)13(18)19/h1-4,7,9-12,14-17H,5H2/t7-,9-,10+,11+,12-/m1/s1. The fraction of sp³-hybridized carbons (Fsp3) is 0.500. The Kier molecular flexibility index (Phi) is 5.14. The highest BCUT2D eigenvalue weighted by molar-refractivity contribution is 8.00. The minimum Gasteiger partial charge on any atom is -0.394 e. The van der Waals surface area contributed by atoms with E-state index < -0.39 is 41.4 Å². The van der Waals surface area contributed by atoms with Crippen molar-refractivity contribution in [3.05, 3.63) is 34.4 Å². The van der Waals surface area contributed by atoms with E-state index in [0.717, 1.165) is 11.8 Å². The second-order valence-electron chi connectivity index (χ2n) is 4.54. The number of rotatable bonds is 4. The van der Waals surface area contributed by atoms with Crippen molar-refractivity contribution in [2.75, 3.05) is 6.61 Å². The Morgan fingerprint density at radius 3 is 2.48 bits per heavy atom. The number of nitrogens with zero attached hydrogens (tertiary/aromatic N) is 1. The first-order valence-corrected chi connectivity index (χ1v) is 7.04. The lowest BCUT2D eigenvalue weighted by atomic mass is 10.0. The van der Waals surface area contributed by atoms with Crippen LogP contribution in [0.2, 0.25) is 0 Å². The van der Waals surface area contributed by atoms with Gasteiger partial charge in [0.2, 0.25) is 0 Å². The number of nitro benzene ring substituents is 1. The molecule has 0 spiro atoms. The van der Waals surface area contributed by atoms with Crippen molar-refractivity contribution in [3.63, 3.8) is 0 Å². The van der Waals surface area contributed by atoms with Crippen LogP contribution in [0.3, 0.4) is 0 Å².